The number of ketones is 1. The van der Waals surface area contributed by atoms with Crippen molar-refractivity contribution in [2.24, 2.45) is 5.92 Å². The van der Waals surface area contributed by atoms with Crippen molar-refractivity contribution in [3.05, 3.63) is 18.2 Å². The second-order valence-corrected chi connectivity index (χ2v) is 3.76. The summed E-state index contributed by atoms with van der Waals surface area (Å²) in [5.74, 6) is 1.18. The van der Waals surface area contributed by atoms with Gasteiger partial charge in [0.2, 0.25) is 0 Å². The van der Waals surface area contributed by atoms with Gasteiger partial charge in [0.05, 0.1) is 0 Å². The molecule has 0 radical (unpaired) electrons. The van der Waals surface area contributed by atoms with Crippen LogP contribution in [0, 0.1) is 5.92 Å². The lowest BCUT2D eigenvalue weighted by Crippen LogP contribution is -2.29. The fourth-order valence-electron chi connectivity index (χ4n) is 1.86. The van der Waals surface area contributed by atoms with Gasteiger partial charge in [-0.15, -0.1) is 0 Å². The Bertz CT molecular complexity index is 288. The van der Waals surface area contributed by atoms with E-state index < -0.39 is 0 Å². The molecule has 1 aliphatic rings. The van der Waals surface area contributed by atoms with Gasteiger partial charge < -0.3 is 10.3 Å². The van der Waals surface area contributed by atoms with Gasteiger partial charge in [-0.1, -0.05) is 0 Å². The highest BCUT2D eigenvalue weighted by atomic mass is 16.1. The van der Waals surface area contributed by atoms with Crippen LogP contribution in [-0.2, 0) is 0 Å². The zero-order chi connectivity index (χ0) is 9.80. The number of hydrogen-bond acceptors (Lipinski definition) is 3. The first-order valence-electron chi connectivity index (χ1n) is 5.09. The van der Waals surface area contributed by atoms with Crippen LogP contribution in [0.1, 0.15) is 29.9 Å². The highest BCUT2D eigenvalue weighted by Crippen LogP contribution is 2.17. The third kappa shape index (κ3) is 2.20. The van der Waals surface area contributed by atoms with Crippen LogP contribution in [-0.4, -0.2) is 28.8 Å². The second kappa shape index (κ2) is 4.37. The van der Waals surface area contributed by atoms with Gasteiger partial charge in [0, 0.05) is 18.8 Å². The minimum Gasteiger partial charge on any atom is -0.342 e. The van der Waals surface area contributed by atoms with Crippen molar-refractivity contribution in [2.45, 2.75) is 19.3 Å². The van der Waals surface area contributed by atoms with Crippen LogP contribution in [0.2, 0.25) is 0 Å². The molecular weight excluding hydrogens is 178 g/mol. The van der Waals surface area contributed by atoms with E-state index in [0.29, 0.717) is 18.2 Å². The number of hydrogen-bond donors (Lipinski definition) is 2. The molecule has 1 aromatic heterocycles. The molecule has 0 atom stereocenters. The van der Waals surface area contributed by atoms with E-state index in [9.17, 15) is 4.79 Å². The average Bonchev–Trinajstić information content (AvgIpc) is 2.72. The summed E-state index contributed by atoms with van der Waals surface area (Å²) in [6.07, 6.45) is 6.15. The van der Waals surface area contributed by atoms with E-state index >= 15 is 0 Å². The molecule has 0 spiro atoms. The summed E-state index contributed by atoms with van der Waals surface area (Å²) in [6, 6.07) is 0. The fourth-order valence-corrected chi connectivity index (χ4v) is 1.86. The monoisotopic (exact) mass is 193 g/mol. The van der Waals surface area contributed by atoms with E-state index in [-0.39, 0.29) is 5.78 Å². The molecule has 0 amide bonds. The van der Waals surface area contributed by atoms with E-state index in [4.69, 9.17) is 0 Å². The van der Waals surface area contributed by atoms with Crippen LogP contribution in [0.3, 0.4) is 0 Å². The highest BCUT2D eigenvalue weighted by Gasteiger charge is 2.18. The zero-order valence-electron chi connectivity index (χ0n) is 8.12. The second-order valence-electron chi connectivity index (χ2n) is 3.76. The Morgan fingerprint density at radius 2 is 2.29 bits per heavy atom. The third-order valence-corrected chi connectivity index (χ3v) is 2.70. The standard InChI is InChI=1S/C10H15N3O/c14-9(10-12-5-6-13-10)7-8-1-3-11-4-2-8/h5-6,8,11H,1-4,7H2,(H,12,13). The van der Waals surface area contributed by atoms with Crippen molar-refractivity contribution < 1.29 is 4.79 Å². The summed E-state index contributed by atoms with van der Waals surface area (Å²) in [7, 11) is 0. The number of Topliss-reactive ketones (excluding diaryl/α,β-unsaturated/α-hetero) is 1. The Balaban J connectivity index is 1.87. The smallest absolute Gasteiger partial charge is 0.198 e. The van der Waals surface area contributed by atoms with Crippen molar-refractivity contribution in [3.63, 3.8) is 0 Å². The van der Waals surface area contributed by atoms with Crippen LogP contribution in [0.25, 0.3) is 0 Å². The summed E-state index contributed by atoms with van der Waals surface area (Å²) in [5, 5.41) is 3.29. The van der Waals surface area contributed by atoms with E-state index in [0.717, 1.165) is 25.9 Å². The predicted molar refractivity (Wildman–Crippen MR) is 53.1 cm³/mol. The summed E-state index contributed by atoms with van der Waals surface area (Å²) in [6.45, 7) is 2.08. The van der Waals surface area contributed by atoms with E-state index in [2.05, 4.69) is 15.3 Å². The number of imidazole rings is 1. The number of carbonyl (C=O) groups excluding carboxylic acids is 1. The molecule has 4 heteroatoms. The summed E-state index contributed by atoms with van der Waals surface area (Å²) in [5.41, 5.74) is 0. The molecule has 2 heterocycles. The minimum absolute atomic E-state index is 0.141. The van der Waals surface area contributed by atoms with Crippen LogP contribution >= 0.6 is 0 Å². The Hall–Kier alpha value is -1.16. The van der Waals surface area contributed by atoms with Gasteiger partial charge in [-0.3, -0.25) is 4.79 Å². The number of piperidine rings is 1. The average molecular weight is 193 g/mol. The molecule has 0 aliphatic carbocycles. The summed E-state index contributed by atoms with van der Waals surface area (Å²) in [4.78, 5) is 18.5. The van der Waals surface area contributed by atoms with Crippen molar-refractivity contribution in [1.29, 1.82) is 0 Å². The Kier molecular flexibility index (Phi) is 2.93. The molecule has 14 heavy (non-hydrogen) atoms. The normalized spacial score (nSPS) is 18.3. The molecule has 1 aromatic rings. The Morgan fingerprint density at radius 1 is 1.50 bits per heavy atom. The summed E-state index contributed by atoms with van der Waals surface area (Å²) >= 11 is 0. The Morgan fingerprint density at radius 3 is 2.93 bits per heavy atom. The quantitative estimate of drug-likeness (QED) is 0.703. The molecule has 0 unspecified atom stereocenters. The van der Waals surface area contributed by atoms with Gasteiger partial charge in [0.25, 0.3) is 0 Å². The first kappa shape index (κ1) is 9.40. The molecule has 1 fully saturated rings. The van der Waals surface area contributed by atoms with Gasteiger partial charge in [0.1, 0.15) is 0 Å². The molecular formula is C10H15N3O. The molecule has 76 valence electrons. The lowest BCUT2D eigenvalue weighted by atomic mass is 9.92. The zero-order valence-corrected chi connectivity index (χ0v) is 8.12. The molecule has 0 bridgehead atoms. The van der Waals surface area contributed by atoms with Crippen LogP contribution in [0.15, 0.2) is 12.4 Å². The van der Waals surface area contributed by atoms with Crippen LogP contribution < -0.4 is 5.32 Å². The van der Waals surface area contributed by atoms with E-state index in [1.54, 1.807) is 12.4 Å². The van der Waals surface area contributed by atoms with Gasteiger partial charge in [-0.25, -0.2) is 4.98 Å². The lowest BCUT2D eigenvalue weighted by Gasteiger charge is -2.21. The molecule has 2 N–H and O–H groups in total. The Labute approximate surface area is 83.1 Å². The highest BCUT2D eigenvalue weighted by molar-refractivity contribution is 5.92. The minimum atomic E-state index is 0.141. The van der Waals surface area contributed by atoms with E-state index in [1.807, 2.05) is 0 Å². The number of aromatic amines is 1. The van der Waals surface area contributed by atoms with E-state index in [1.165, 1.54) is 0 Å². The number of carbonyl (C=O) groups is 1. The largest absolute Gasteiger partial charge is 0.342 e. The lowest BCUT2D eigenvalue weighted by molar-refractivity contribution is 0.0943. The van der Waals surface area contributed by atoms with Gasteiger partial charge in [-0.2, -0.15) is 0 Å². The molecule has 0 saturated carbocycles. The predicted octanol–water partition coefficient (Wildman–Crippen LogP) is 0.982. The number of nitrogens with one attached hydrogen (secondary N) is 2. The summed E-state index contributed by atoms with van der Waals surface area (Å²) < 4.78 is 0. The molecule has 0 aromatic carbocycles. The fraction of sp³-hybridized carbons (Fsp3) is 0.600. The van der Waals surface area contributed by atoms with Crippen molar-refractivity contribution >= 4 is 5.78 Å². The first-order valence-corrected chi connectivity index (χ1v) is 5.09. The maximum absolute atomic E-state index is 11.7. The van der Waals surface area contributed by atoms with Crippen LogP contribution in [0.4, 0.5) is 0 Å². The van der Waals surface area contributed by atoms with Crippen molar-refractivity contribution in [3.8, 4) is 0 Å². The topological polar surface area (TPSA) is 57.8 Å². The molecule has 1 saturated heterocycles. The molecule has 2 rings (SSSR count). The number of H-pyrrole nitrogens is 1. The maximum Gasteiger partial charge on any atom is 0.198 e. The first-order chi connectivity index (χ1) is 6.86. The maximum atomic E-state index is 11.7. The SMILES string of the molecule is O=C(CC1CCNCC1)c1ncc[nH]1. The number of nitrogens with zero attached hydrogens (tertiary/aromatic N) is 1. The van der Waals surface area contributed by atoms with Crippen LogP contribution in [0.5, 0.6) is 0 Å². The third-order valence-electron chi connectivity index (χ3n) is 2.70. The molecule has 1 aliphatic heterocycles. The van der Waals surface area contributed by atoms with Gasteiger partial charge >= 0.3 is 0 Å². The van der Waals surface area contributed by atoms with Crippen molar-refractivity contribution in [1.82, 2.24) is 15.3 Å². The molecule has 4 nitrogen and oxygen atoms in total. The number of rotatable bonds is 3. The van der Waals surface area contributed by atoms with Gasteiger partial charge in [-0.05, 0) is 31.8 Å². The van der Waals surface area contributed by atoms with Gasteiger partial charge in [0.15, 0.2) is 11.6 Å². The van der Waals surface area contributed by atoms with Crippen molar-refractivity contribution in [2.75, 3.05) is 13.1 Å². The number of aromatic nitrogens is 2.